The fraction of sp³-hybridized carbons (Fsp3) is 0.130. The molecule has 134 valence electrons. The zero-order valence-corrected chi connectivity index (χ0v) is 15.4. The van der Waals surface area contributed by atoms with Crippen molar-refractivity contribution >= 4 is 27.6 Å². The molecule has 0 aliphatic heterocycles. The van der Waals surface area contributed by atoms with Crippen LogP contribution in [0.2, 0.25) is 0 Å². The summed E-state index contributed by atoms with van der Waals surface area (Å²) in [4.78, 5) is 25.3. The molecule has 3 aromatic carbocycles. The van der Waals surface area contributed by atoms with Gasteiger partial charge < -0.3 is 9.30 Å². The van der Waals surface area contributed by atoms with Gasteiger partial charge in [0.25, 0.3) is 0 Å². The number of carbonyl (C=O) groups excluding carboxylic acids is 1. The first-order valence-corrected chi connectivity index (χ1v) is 8.75. The average Bonchev–Trinajstić information content (AvgIpc) is 2.69. The summed E-state index contributed by atoms with van der Waals surface area (Å²) >= 11 is 0. The number of nitrogens with zero attached hydrogens (tertiary/aromatic N) is 1. The molecule has 0 atom stereocenters. The molecule has 0 aliphatic rings. The Labute approximate surface area is 156 Å². The minimum absolute atomic E-state index is 0.0339. The Morgan fingerprint density at radius 2 is 1.63 bits per heavy atom. The predicted octanol–water partition coefficient (Wildman–Crippen LogP) is 4.55. The van der Waals surface area contributed by atoms with Gasteiger partial charge >= 0.3 is 5.97 Å². The van der Waals surface area contributed by atoms with Gasteiger partial charge in [-0.3, -0.25) is 4.79 Å². The summed E-state index contributed by atoms with van der Waals surface area (Å²) in [6.07, 6.45) is 1.60. The highest BCUT2D eigenvalue weighted by molar-refractivity contribution is 5.98. The monoisotopic (exact) mass is 357 g/mol. The van der Waals surface area contributed by atoms with E-state index in [0.717, 1.165) is 33.1 Å². The normalized spacial score (nSPS) is 11.1. The Morgan fingerprint density at radius 1 is 0.926 bits per heavy atom. The summed E-state index contributed by atoms with van der Waals surface area (Å²) < 4.78 is 6.80. The van der Waals surface area contributed by atoms with Crippen molar-refractivity contribution in [1.29, 1.82) is 0 Å². The van der Waals surface area contributed by atoms with Crippen LogP contribution in [0.1, 0.15) is 21.5 Å². The molecule has 0 amide bonds. The molecular formula is C23H19NO3. The fourth-order valence-electron chi connectivity index (χ4n) is 3.64. The summed E-state index contributed by atoms with van der Waals surface area (Å²) in [6.45, 7) is 3.86. The van der Waals surface area contributed by atoms with Crippen LogP contribution >= 0.6 is 0 Å². The van der Waals surface area contributed by atoms with Crippen LogP contribution in [0.15, 0.2) is 65.6 Å². The number of aromatic nitrogens is 1. The SMILES string of the molecule is COC(=O)c1cn(-c2cccc3ccccc23)c2c(C)ccc(C)c2c1=O. The number of pyridine rings is 1. The van der Waals surface area contributed by atoms with E-state index in [1.807, 2.05) is 73.0 Å². The van der Waals surface area contributed by atoms with E-state index in [0.29, 0.717) is 5.39 Å². The summed E-state index contributed by atoms with van der Waals surface area (Å²) in [5, 5.41) is 2.68. The van der Waals surface area contributed by atoms with E-state index in [1.165, 1.54) is 7.11 Å². The lowest BCUT2D eigenvalue weighted by Gasteiger charge is -2.18. The molecule has 4 aromatic rings. The van der Waals surface area contributed by atoms with E-state index in [-0.39, 0.29) is 11.0 Å². The number of hydrogen-bond acceptors (Lipinski definition) is 3. The highest BCUT2D eigenvalue weighted by atomic mass is 16.5. The van der Waals surface area contributed by atoms with Crippen LogP contribution in [0.25, 0.3) is 27.4 Å². The second-order valence-corrected chi connectivity index (χ2v) is 6.65. The van der Waals surface area contributed by atoms with Gasteiger partial charge in [-0.2, -0.15) is 0 Å². The van der Waals surface area contributed by atoms with Crippen molar-refractivity contribution in [1.82, 2.24) is 4.57 Å². The van der Waals surface area contributed by atoms with Gasteiger partial charge in [0, 0.05) is 11.6 Å². The number of rotatable bonds is 2. The van der Waals surface area contributed by atoms with Gasteiger partial charge in [0.2, 0.25) is 5.43 Å². The lowest BCUT2D eigenvalue weighted by atomic mass is 10.0. The molecule has 27 heavy (non-hydrogen) atoms. The van der Waals surface area contributed by atoms with Crippen molar-refractivity contribution < 1.29 is 9.53 Å². The lowest BCUT2D eigenvalue weighted by Crippen LogP contribution is -2.21. The third-order valence-electron chi connectivity index (χ3n) is 4.99. The van der Waals surface area contributed by atoms with Crippen molar-refractivity contribution in [3.8, 4) is 5.69 Å². The zero-order valence-electron chi connectivity index (χ0n) is 15.4. The molecule has 1 aromatic heterocycles. The number of carbonyl (C=O) groups is 1. The van der Waals surface area contributed by atoms with Crippen molar-refractivity contribution in [3.63, 3.8) is 0 Å². The Kier molecular flexibility index (Phi) is 4.04. The van der Waals surface area contributed by atoms with Crippen LogP contribution in [0, 0.1) is 13.8 Å². The number of aryl methyl sites for hydroxylation is 2. The van der Waals surface area contributed by atoms with Crippen molar-refractivity contribution in [3.05, 3.63) is 87.7 Å². The maximum absolute atomic E-state index is 13.0. The summed E-state index contributed by atoms with van der Waals surface area (Å²) in [7, 11) is 1.29. The molecule has 4 heteroatoms. The molecule has 0 spiro atoms. The van der Waals surface area contributed by atoms with E-state index >= 15 is 0 Å². The molecule has 0 fully saturated rings. The number of fused-ring (bicyclic) bond motifs is 2. The van der Waals surface area contributed by atoms with Gasteiger partial charge in [0.15, 0.2) is 0 Å². The predicted molar refractivity (Wildman–Crippen MR) is 108 cm³/mol. The smallest absolute Gasteiger partial charge is 0.343 e. The number of hydrogen-bond donors (Lipinski definition) is 0. The third-order valence-corrected chi connectivity index (χ3v) is 4.99. The minimum atomic E-state index is -0.628. The molecule has 0 aliphatic carbocycles. The summed E-state index contributed by atoms with van der Waals surface area (Å²) in [5.74, 6) is -0.628. The first-order valence-electron chi connectivity index (χ1n) is 8.75. The topological polar surface area (TPSA) is 48.3 Å². The van der Waals surface area contributed by atoms with Crippen LogP contribution in [-0.2, 0) is 4.74 Å². The Morgan fingerprint density at radius 3 is 2.41 bits per heavy atom. The standard InChI is InChI=1S/C23H19NO3/c1-14-11-12-15(2)21-20(14)22(25)18(23(26)27-3)13-24(21)19-10-6-8-16-7-4-5-9-17(16)19/h4-13H,1-3H3. The van der Waals surface area contributed by atoms with Crippen molar-refractivity contribution in [2.75, 3.05) is 7.11 Å². The van der Waals surface area contributed by atoms with Gasteiger partial charge in [0.1, 0.15) is 5.56 Å². The fourth-order valence-corrected chi connectivity index (χ4v) is 3.64. The molecule has 0 saturated carbocycles. The van der Waals surface area contributed by atoms with Gasteiger partial charge in [-0.05, 0) is 36.4 Å². The van der Waals surface area contributed by atoms with E-state index < -0.39 is 5.97 Å². The average molecular weight is 357 g/mol. The van der Waals surface area contributed by atoms with Crippen LogP contribution in [0.4, 0.5) is 0 Å². The summed E-state index contributed by atoms with van der Waals surface area (Å²) in [6, 6.07) is 18.0. The quantitative estimate of drug-likeness (QED) is 0.495. The second kappa shape index (κ2) is 6.40. The Hall–Kier alpha value is -3.40. The second-order valence-electron chi connectivity index (χ2n) is 6.65. The molecule has 0 saturated heterocycles. The van der Waals surface area contributed by atoms with Crippen molar-refractivity contribution in [2.45, 2.75) is 13.8 Å². The highest BCUT2D eigenvalue weighted by Crippen LogP contribution is 2.28. The van der Waals surface area contributed by atoms with E-state index in [1.54, 1.807) is 6.20 Å². The van der Waals surface area contributed by atoms with Gasteiger partial charge in [-0.25, -0.2) is 4.79 Å². The largest absolute Gasteiger partial charge is 0.465 e. The van der Waals surface area contributed by atoms with Crippen LogP contribution in [0.3, 0.4) is 0 Å². The Bertz CT molecular complexity index is 1260. The van der Waals surface area contributed by atoms with Crippen LogP contribution < -0.4 is 5.43 Å². The lowest BCUT2D eigenvalue weighted by molar-refractivity contribution is 0.0599. The van der Waals surface area contributed by atoms with E-state index in [9.17, 15) is 9.59 Å². The molecule has 0 bridgehead atoms. The number of benzene rings is 3. The van der Waals surface area contributed by atoms with E-state index in [4.69, 9.17) is 4.74 Å². The zero-order chi connectivity index (χ0) is 19.1. The minimum Gasteiger partial charge on any atom is -0.465 e. The third kappa shape index (κ3) is 2.61. The maximum atomic E-state index is 13.0. The maximum Gasteiger partial charge on any atom is 0.343 e. The molecule has 4 rings (SSSR count). The highest BCUT2D eigenvalue weighted by Gasteiger charge is 2.19. The molecule has 4 nitrogen and oxygen atoms in total. The van der Waals surface area contributed by atoms with Gasteiger partial charge in [-0.15, -0.1) is 0 Å². The molecular weight excluding hydrogens is 338 g/mol. The van der Waals surface area contributed by atoms with Crippen LogP contribution in [-0.4, -0.2) is 17.6 Å². The number of ether oxygens (including phenoxy) is 1. The van der Waals surface area contributed by atoms with Crippen LogP contribution in [0.5, 0.6) is 0 Å². The Balaban J connectivity index is 2.24. The molecule has 1 heterocycles. The van der Waals surface area contributed by atoms with Gasteiger partial charge in [-0.1, -0.05) is 48.5 Å². The molecule has 0 unspecified atom stereocenters. The summed E-state index contributed by atoms with van der Waals surface area (Å²) in [5.41, 5.74) is 3.26. The first-order chi connectivity index (χ1) is 13.0. The van der Waals surface area contributed by atoms with Crippen molar-refractivity contribution in [2.24, 2.45) is 0 Å². The van der Waals surface area contributed by atoms with Gasteiger partial charge in [0.05, 0.1) is 23.7 Å². The molecule has 0 radical (unpaired) electrons. The first kappa shape index (κ1) is 17.0. The number of esters is 1. The number of methoxy groups -OCH3 is 1. The molecule has 0 N–H and O–H groups in total. The van der Waals surface area contributed by atoms with E-state index in [2.05, 4.69) is 0 Å².